The SMILES string of the molecule is CCc1ccc(Cc2cc([C@]3(OC)OC(CO)[C@@H](O)[C@H](O)[C@H]3O)c(Br)cc2C)cc1. The quantitative estimate of drug-likeness (QED) is 0.505. The lowest BCUT2D eigenvalue weighted by Gasteiger charge is -2.48. The Hall–Kier alpha value is -1.32. The molecule has 1 saturated heterocycles. The van der Waals surface area contributed by atoms with Gasteiger partial charge in [0, 0.05) is 17.1 Å². The van der Waals surface area contributed by atoms with Crippen LogP contribution in [0.3, 0.4) is 0 Å². The van der Waals surface area contributed by atoms with E-state index in [1.54, 1.807) is 0 Å². The molecule has 0 spiro atoms. The van der Waals surface area contributed by atoms with Crippen LogP contribution in [0, 0.1) is 6.92 Å². The summed E-state index contributed by atoms with van der Waals surface area (Å²) >= 11 is 3.52. The zero-order valence-electron chi connectivity index (χ0n) is 17.4. The highest BCUT2D eigenvalue weighted by atomic mass is 79.9. The first kappa shape index (κ1) is 23.3. The normalized spacial score (nSPS) is 29.2. The molecule has 1 fully saturated rings. The molecule has 7 heteroatoms. The number of rotatable bonds is 6. The summed E-state index contributed by atoms with van der Waals surface area (Å²) in [5.74, 6) is -1.75. The largest absolute Gasteiger partial charge is 0.394 e. The van der Waals surface area contributed by atoms with Gasteiger partial charge in [-0.3, -0.25) is 0 Å². The average Bonchev–Trinajstić information content (AvgIpc) is 2.75. The zero-order valence-corrected chi connectivity index (χ0v) is 19.0. The van der Waals surface area contributed by atoms with E-state index in [1.807, 2.05) is 19.1 Å². The summed E-state index contributed by atoms with van der Waals surface area (Å²) in [5, 5.41) is 40.9. The molecule has 1 unspecified atom stereocenters. The van der Waals surface area contributed by atoms with Crippen molar-refractivity contribution in [3.05, 3.63) is 68.7 Å². The van der Waals surface area contributed by atoms with Crippen LogP contribution in [0.1, 0.15) is 34.7 Å². The van der Waals surface area contributed by atoms with E-state index >= 15 is 0 Å². The predicted molar refractivity (Wildman–Crippen MR) is 116 cm³/mol. The molecule has 1 aliphatic rings. The Morgan fingerprint density at radius 3 is 2.27 bits per heavy atom. The molecule has 3 rings (SSSR count). The minimum Gasteiger partial charge on any atom is -0.394 e. The lowest BCUT2D eigenvalue weighted by molar-refractivity contribution is -0.366. The topological polar surface area (TPSA) is 99.4 Å². The van der Waals surface area contributed by atoms with Crippen molar-refractivity contribution in [3.8, 4) is 0 Å². The van der Waals surface area contributed by atoms with E-state index in [2.05, 4.69) is 47.1 Å². The second-order valence-corrected chi connectivity index (χ2v) is 8.60. The van der Waals surface area contributed by atoms with Gasteiger partial charge in [-0.25, -0.2) is 0 Å². The lowest BCUT2D eigenvalue weighted by atomic mass is 9.86. The molecule has 0 radical (unpaired) electrons. The number of halogens is 1. The van der Waals surface area contributed by atoms with E-state index in [9.17, 15) is 20.4 Å². The lowest BCUT2D eigenvalue weighted by Crippen LogP contribution is -2.64. The third-order valence-electron chi connectivity index (χ3n) is 5.88. The first-order chi connectivity index (χ1) is 14.3. The summed E-state index contributed by atoms with van der Waals surface area (Å²) in [5.41, 5.74) is 4.94. The molecule has 0 amide bonds. The summed E-state index contributed by atoms with van der Waals surface area (Å²) < 4.78 is 12.1. The van der Waals surface area contributed by atoms with Crippen molar-refractivity contribution >= 4 is 15.9 Å². The second kappa shape index (κ2) is 9.44. The Balaban J connectivity index is 2.04. The molecule has 30 heavy (non-hydrogen) atoms. The Labute approximate surface area is 185 Å². The van der Waals surface area contributed by atoms with Crippen LogP contribution >= 0.6 is 15.9 Å². The molecule has 1 heterocycles. The van der Waals surface area contributed by atoms with Gasteiger partial charge in [0.05, 0.1) is 6.61 Å². The third kappa shape index (κ3) is 4.21. The van der Waals surface area contributed by atoms with Crippen LogP contribution < -0.4 is 0 Å². The molecule has 4 N–H and O–H groups in total. The maximum Gasteiger partial charge on any atom is 0.225 e. The average molecular weight is 481 g/mol. The van der Waals surface area contributed by atoms with Gasteiger partial charge >= 0.3 is 0 Å². The van der Waals surface area contributed by atoms with Crippen molar-refractivity contribution in [3.63, 3.8) is 0 Å². The monoisotopic (exact) mass is 480 g/mol. The fraction of sp³-hybridized carbons (Fsp3) is 0.478. The number of hydrogen-bond donors (Lipinski definition) is 4. The van der Waals surface area contributed by atoms with Crippen LogP contribution in [0.5, 0.6) is 0 Å². The van der Waals surface area contributed by atoms with E-state index in [1.165, 1.54) is 12.7 Å². The highest BCUT2D eigenvalue weighted by Crippen LogP contribution is 2.43. The molecule has 6 nitrogen and oxygen atoms in total. The Bertz CT molecular complexity index is 869. The van der Waals surface area contributed by atoms with Crippen LogP contribution in [-0.4, -0.2) is 58.6 Å². The smallest absolute Gasteiger partial charge is 0.225 e. The first-order valence-corrected chi connectivity index (χ1v) is 10.8. The van der Waals surface area contributed by atoms with E-state index in [4.69, 9.17) is 9.47 Å². The highest BCUT2D eigenvalue weighted by molar-refractivity contribution is 9.10. The number of methoxy groups -OCH3 is 1. The molecule has 0 aliphatic carbocycles. The van der Waals surface area contributed by atoms with Crippen molar-refractivity contribution in [1.29, 1.82) is 0 Å². The predicted octanol–water partition coefficient (Wildman–Crippen LogP) is 2.18. The van der Waals surface area contributed by atoms with Gasteiger partial charge in [0.25, 0.3) is 0 Å². The van der Waals surface area contributed by atoms with Crippen molar-refractivity contribution < 1.29 is 29.9 Å². The summed E-state index contributed by atoms with van der Waals surface area (Å²) in [6.45, 7) is 3.58. The number of ether oxygens (including phenoxy) is 2. The van der Waals surface area contributed by atoms with Crippen molar-refractivity contribution in [2.75, 3.05) is 13.7 Å². The van der Waals surface area contributed by atoms with Gasteiger partial charge in [-0.2, -0.15) is 0 Å². The molecule has 0 bridgehead atoms. The highest BCUT2D eigenvalue weighted by Gasteiger charge is 2.55. The summed E-state index contributed by atoms with van der Waals surface area (Å²) in [6, 6.07) is 12.2. The van der Waals surface area contributed by atoms with Crippen molar-refractivity contribution in [2.24, 2.45) is 0 Å². The van der Waals surface area contributed by atoms with Crippen molar-refractivity contribution in [2.45, 2.75) is 56.9 Å². The van der Waals surface area contributed by atoms with Gasteiger partial charge in [0.15, 0.2) is 0 Å². The minimum atomic E-state index is -1.75. The molecule has 5 atom stereocenters. The maximum absolute atomic E-state index is 10.8. The van der Waals surface area contributed by atoms with Gasteiger partial charge < -0.3 is 29.9 Å². The summed E-state index contributed by atoms with van der Waals surface area (Å²) in [6.07, 6.45) is -4.01. The number of aryl methyl sites for hydroxylation is 2. The standard InChI is InChI=1S/C23H29BrO6/c1-4-14-5-7-15(8-6-14)10-16-11-17(18(24)9-13(16)2)23(29-3)22(28)21(27)20(26)19(12-25)30-23/h5-9,11,19-22,25-28H,4,10,12H2,1-3H3/t19?,20-,21+,22-,23+/m1/s1. The Kier molecular flexibility index (Phi) is 7.35. The van der Waals surface area contributed by atoms with Crippen LogP contribution in [0.4, 0.5) is 0 Å². The van der Waals surface area contributed by atoms with E-state index in [-0.39, 0.29) is 0 Å². The maximum atomic E-state index is 10.8. The van der Waals surface area contributed by atoms with Crippen LogP contribution in [0.2, 0.25) is 0 Å². The van der Waals surface area contributed by atoms with Crippen LogP contribution in [0.15, 0.2) is 40.9 Å². The van der Waals surface area contributed by atoms with E-state index in [0.717, 1.165) is 23.1 Å². The second-order valence-electron chi connectivity index (χ2n) is 7.74. The minimum absolute atomic E-state index is 0.479. The fourth-order valence-electron chi connectivity index (χ4n) is 3.93. The molecular formula is C23H29BrO6. The van der Waals surface area contributed by atoms with E-state index < -0.39 is 36.8 Å². The Morgan fingerprint density at radius 2 is 1.70 bits per heavy atom. The molecular weight excluding hydrogens is 452 g/mol. The van der Waals surface area contributed by atoms with Crippen LogP contribution in [0.25, 0.3) is 0 Å². The molecule has 2 aromatic carbocycles. The number of aliphatic hydroxyl groups excluding tert-OH is 4. The number of benzene rings is 2. The van der Waals surface area contributed by atoms with Crippen molar-refractivity contribution in [1.82, 2.24) is 0 Å². The molecule has 0 aromatic heterocycles. The molecule has 2 aromatic rings. The van der Waals surface area contributed by atoms with Crippen LogP contribution in [-0.2, 0) is 28.1 Å². The van der Waals surface area contributed by atoms with Gasteiger partial charge in [-0.05, 0) is 54.2 Å². The van der Waals surface area contributed by atoms with Gasteiger partial charge in [-0.1, -0.05) is 47.1 Å². The third-order valence-corrected chi connectivity index (χ3v) is 6.54. The van der Waals surface area contributed by atoms with Gasteiger partial charge in [0.1, 0.15) is 24.4 Å². The molecule has 0 saturated carbocycles. The van der Waals surface area contributed by atoms with Gasteiger partial charge in [-0.15, -0.1) is 0 Å². The Morgan fingerprint density at radius 1 is 1.07 bits per heavy atom. The summed E-state index contributed by atoms with van der Waals surface area (Å²) in [4.78, 5) is 0. The van der Waals surface area contributed by atoms with Gasteiger partial charge in [0.2, 0.25) is 5.79 Å². The van der Waals surface area contributed by atoms with E-state index in [0.29, 0.717) is 16.5 Å². The first-order valence-electron chi connectivity index (χ1n) is 10.0. The number of aliphatic hydroxyl groups is 4. The molecule has 164 valence electrons. The fourth-order valence-corrected chi connectivity index (χ4v) is 4.66. The number of hydrogen-bond acceptors (Lipinski definition) is 6. The molecule has 1 aliphatic heterocycles. The summed E-state index contributed by atoms with van der Waals surface area (Å²) in [7, 11) is 1.36. The zero-order chi connectivity index (χ0) is 22.1.